The quantitative estimate of drug-likeness (QED) is 0.377. The molecule has 7 nitrogen and oxygen atoms in total. The maximum absolute atomic E-state index is 11.0. The number of anilines is 1. The van der Waals surface area contributed by atoms with E-state index >= 15 is 0 Å². The van der Waals surface area contributed by atoms with Crippen LogP contribution in [0.25, 0.3) is 0 Å². The van der Waals surface area contributed by atoms with Gasteiger partial charge in [0.05, 0.1) is 19.3 Å². The highest BCUT2D eigenvalue weighted by atomic mass is 35.5. The molecule has 1 aliphatic rings. The molecular formula is C10H14ClN4O3P. The molecule has 0 bridgehead atoms. The Labute approximate surface area is 117 Å². The fraction of sp³-hybridized carbons (Fsp3) is 0.500. The van der Waals surface area contributed by atoms with E-state index in [0.717, 1.165) is 0 Å². The second-order valence-corrected chi connectivity index (χ2v) is 5.31. The molecule has 0 saturated carbocycles. The molecule has 1 aromatic heterocycles. The lowest BCUT2D eigenvalue weighted by molar-refractivity contribution is -0.384. The highest BCUT2D eigenvalue weighted by Crippen LogP contribution is 2.30. The maximum Gasteiger partial charge on any atom is 0.310 e. The van der Waals surface area contributed by atoms with E-state index < -0.39 is 13.9 Å². The Morgan fingerprint density at radius 1 is 1.68 bits per heavy atom. The lowest BCUT2D eigenvalue weighted by Gasteiger charge is -2.36. The number of aromatic nitrogens is 1. The van der Waals surface area contributed by atoms with Crippen molar-refractivity contribution in [2.75, 3.05) is 18.0 Å². The van der Waals surface area contributed by atoms with Crippen LogP contribution in [-0.2, 0) is 0 Å². The van der Waals surface area contributed by atoms with Crippen LogP contribution >= 0.6 is 20.6 Å². The van der Waals surface area contributed by atoms with Crippen molar-refractivity contribution in [3.05, 3.63) is 28.6 Å². The highest BCUT2D eigenvalue weighted by molar-refractivity contribution is 7.28. The molecule has 1 fully saturated rings. The van der Waals surface area contributed by atoms with E-state index in [1.807, 2.05) is 4.90 Å². The first-order valence-corrected chi connectivity index (χ1v) is 7.14. The van der Waals surface area contributed by atoms with Crippen LogP contribution < -0.4 is 9.99 Å². The molecule has 0 aromatic carbocycles. The average Bonchev–Trinajstić information content (AvgIpc) is 2.41. The molecule has 0 radical (unpaired) electrons. The molecule has 1 saturated heterocycles. The fourth-order valence-electron chi connectivity index (χ4n) is 2.15. The molecule has 3 unspecified atom stereocenters. The van der Waals surface area contributed by atoms with Crippen molar-refractivity contribution in [1.82, 2.24) is 10.1 Å². The Morgan fingerprint density at radius 2 is 2.47 bits per heavy atom. The zero-order valence-corrected chi connectivity index (χ0v) is 11.7. The molecule has 19 heavy (non-hydrogen) atoms. The first-order valence-electron chi connectivity index (χ1n) is 5.75. The number of pyridine rings is 1. The molecule has 2 heterocycles. The van der Waals surface area contributed by atoms with Gasteiger partial charge in [-0.25, -0.2) is 0 Å². The van der Waals surface area contributed by atoms with Crippen LogP contribution in [0, 0.1) is 10.1 Å². The third-order valence-electron chi connectivity index (χ3n) is 3.09. The summed E-state index contributed by atoms with van der Waals surface area (Å²) in [7, 11) is -0.393. The minimum atomic E-state index is -0.439. The van der Waals surface area contributed by atoms with Gasteiger partial charge in [-0.3, -0.25) is 20.2 Å². The highest BCUT2D eigenvalue weighted by Gasteiger charge is 2.30. The zero-order valence-electron chi connectivity index (χ0n) is 9.99. The second kappa shape index (κ2) is 6.43. The van der Waals surface area contributed by atoms with Gasteiger partial charge in [-0.1, -0.05) is 0 Å². The number of hydrogen-bond acceptors (Lipinski definition) is 6. The van der Waals surface area contributed by atoms with Crippen molar-refractivity contribution >= 4 is 31.9 Å². The summed E-state index contributed by atoms with van der Waals surface area (Å²) >= 11 is 6.17. The summed E-state index contributed by atoms with van der Waals surface area (Å²) in [5.41, 5.74) is 0.525. The van der Waals surface area contributed by atoms with Crippen LogP contribution in [0.3, 0.4) is 0 Å². The van der Waals surface area contributed by atoms with Crippen molar-refractivity contribution in [3.63, 3.8) is 0 Å². The van der Waals surface area contributed by atoms with Crippen molar-refractivity contribution in [2.24, 2.45) is 0 Å². The zero-order chi connectivity index (χ0) is 13.8. The van der Waals surface area contributed by atoms with Gasteiger partial charge < -0.3 is 9.79 Å². The van der Waals surface area contributed by atoms with Crippen LogP contribution in [0.4, 0.5) is 11.4 Å². The SMILES string of the molecule is O=[N+]([O-])c1cnccc1N1CCC(Cl)C(NPO)C1. The number of piperidine rings is 1. The maximum atomic E-state index is 11.0. The second-order valence-electron chi connectivity index (χ2n) is 4.23. The van der Waals surface area contributed by atoms with E-state index in [1.165, 1.54) is 12.4 Å². The third kappa shape index (κ3) is 3.30. The number of halogens is 1. The van der Waals surface area contributed by atoms with Crippen LogP contribution in [0.2, 0.25) is 0 Å². The van der Waals surface area contributed by atoms with E-state index in [9.17, 15) is 10.1 Å². The standard InChI is InChI=1S/C10H14ClN4O3P/c11-7-2-4-14(6-8(7)13-19-18)9-1-3-12-5-10(9)15(16)17/h1,3,5,7-8,13,18-19H,2,4,6H2. The minimum absolute atomic E-state index is 0.0132. The molecule has 2 N–H and O–H groups in total. The van der Waals surface area contributed by atoms with Crippen molar-refractivity contribution in [3.8, 4) is 0 Å². The van der Waals surface area contributed by atoms with Crippen LogP contribution in [-0.4, -0.2) is 39.3 Å². The first kappa shape index (κ1) is 14.4. The van der Waals surface area contributed by atoms with E-state index in [1.54, 1.807) is 6.07 Å². The number of nitrogens with one attached hydrogen (secondary N) is 1. The summed E-state index contributed by atoms with van der Waals surface area (Å²) in [4.78, 5) is 25.2. The summed E-state index contributed by atoms with van der Waals surface area (Å²) in [6.07, 6.45) is 3.48. The number of rotatable bonds is 4. The smallest absolute Gasteiger partial charge is 0.310 e. The summed E-state index contributed by atoms with van der Waals surface area (Å²) < 4.78 is 0. The van der Waals surface area contributed by atoms with Crippen molar-refractivity contribution in [2.45, 2.75) is 17.8 Å². The van der Waals surface area contributed by atoms with E-state index in [-0.39, 0.29) is 17.1 Å². The summed E-state index contributed by atoms with van der Waals surface area (Å²) in [6, 6.07) is 1.54. The topological polar surface area (TPSA) is 91.5 Å². The Hall–Kier alpha value is -1.01. The molecule has 0 spiro atoms. The number of nitro groups is 1. The van der Waals surface area contributed by atoms with E-state index in [0.29, 0.717) is 25.2 Å². The number of hydrogen-bond donors (Lipinski definition) is 2. The lowest BCUT2D eigenvalue weighted by atomic mass is 10.1. The first-order chi connectivity index (χ1) is 9.13. The van der Waals surface area contributed by atoms with Gasteiger partial charge in [0.2, 0.25) is 0 Å². The van der Waals surface area contributed by atoms with Gasteiger partial charge in [-0.15, -0.1) is 11.6 Å². The Bertz CT molecular complexity index is 464. The van der Waals surface area contributed by atoms with E-state index in [4.69, 9.17) is 16.5 Å². The molecule has 2 rings (SSSR count). The molecule has 1 aromatic rings. The van der Waals surface area contributed by atoms with Crippen molar-refractivity contribution < 1.29 is 9.82 Å². The van der Waals surface area contributed by atoms with Gasteiger partial charge in [0.15, 0.2) is 0 Å². The van der Waals surface area contributed by atoms with Crippen LogP contribution in [0.5, 0.6) is 0 Å². The van der Waals surface area contributed by atoms with Gasteiger partial charge in [-0.05, 0) is 12.5 Å². The van der Waals surface area contributed by atoms with Crippen molar-refractivity contribution in [1.29, 1.82) is 0 Å². The van der Waals surface area contributed by atoms with Gasteiger partial charge in [0.25, 0.3) is 0 Å². The summed E-state index contributed by atoms with van der Waals surface area (Å²) in [6.45, 7) is 1.16. The van der Waals surface area contributed by atoms with Gasteiger partial charge in [-0.2, -0.15) is 0 Å². The largest absolute Gasteiger partial charge is 0.364 e. The number of nitrogens with zero attached hydrogens (tertiary/aromatic N) is 3. The van der Waals surface area contributed by atoms with Gasteiger partial charge in [0.1, 0.15) is 11.9 Å². The van der Waals surface area contributed by atoms with Gasteiger partial charge in [0, 0.05) is 25.3 Å². The molecule has 1 aliphatic heterocycles. The molecule has 104 valence electrons. The van der Waals surface area contributed by atoms with E-state index in [2.05, 4.69) is 10.1 Å². The Balaban J connectivity index is 2.20. The van der Waals surface area contributed by atoms with Crippen LogP contribution in [0.1, 0.15) is 6.42 Å². The lowest BCUT2D eigenvalue weighted by Crippen LogP contribution is -2.49. The molecule has 0 aliphatic carbocycles. The van der Waals surface area contributed by atoms with Gasteiger partial charge >= 0.3 is 5.69 Å². The molecule has 3 atom stereocenters. The Kier molecular flexibility index (Phi) is 4.87. The Morgan fingerprint density at radius 3 is 3.16 bits per heavy atom. The average molecular weight is 305 g/mol. The monoisotopic (exact) mass is 304 g/mol. The minimum Gasteiger partial charge on any atom is -0.364 e. The summed E-state index contributed by atoms with van der Waals surface area (Å²) in [5, 5.41) is 13.8. The predicted octanol–water partition coefficient (Wildman–Crippen LogP) is 1.27. The normalized spacial score (nSPS) is 24.0. The van der Waals surface area contributed by atoms with Crippen LogP contribution in [0.15, 0.2) is 18.5 Å². The molecular weight excluding hydrogens is 291 g/mol. The third-order valence-corrected chi connectivity index (χ3v) is 4.12. The molecule has 0 amide bonds. The molecule has 9 heteroatoms. The fourth-order valence-corrected chi connectivity index (χ4v) is 2.95. The predicted molar refractivity (Wildman–Crippen MR) is 74.8 cm³/mol. The number of alkyl halides is 1. The summed E-state index contributed by atoms with van der Waals surface area (Å²) in [5.74, 6) is 0.